The molecule has 3 aromatic rings. The Bertz CT molecular complexity index is 924. The molecule has 0 aliphatic carbocycles. The molecule has 1 heterocycles. The summed E-state index contributed by atoms with van der Waals surface area (Å²) in [6, 6.07) is 19.9. The average molecular weight is 331 g/mol. The quantitative estimate of drug-likeness (QED) is 0.699. The number of nitrogens with one attached hydrogen (secondary N) is 1. The highest BCUT2D eigenvalue weighted by molar-refractivity contribution is 5.98. The molecule has 1 aliphatic rings. The van der Waals surface area contributed by atoms with E-state index in [2.05, 4.69) is 23.5 Å². The van der Waals surface area contributed by atoms with Gasteiger partial charge in [-0.05, 0) is 42.5 Å². The van der Waals surface area contributed by atoms with Gasteiger partial charge in [0, 0.05) is 29.7 Å². The number of carbonyl (C=O) groups is 1. The number of rotatable bonds is 3. The predicted molar refractivity (Wildman–Crippen MR) is 103 cm³/mol. The summed E-state index contributed by atoms with van der Waals surface area (Å²) in [4.78, 5) is 14.4. The Labute approximate surface area is 147 Å². The topological polar surface area (TPSA) is 58.4 Å². The summed E-state index contributed by atoms with van der Waals surface area (Å²) in [7, 11) is 0. The van der Waals surface area contributed by atoms with E-state index in [9.17, 15) is 4.79 Å². The molecule has 126 valence electrons. The molecule has 3 N–H and O–H groups in total. The summed E-state index contributed by atoms with van der Waals surface area (Å²) in [5, 5.41) is 5.71. The van der Waals surface area contributed by atoms with Crippen molar-refractivity contribution >= 4 is 33.7 Å². The van der Waals surface area contributed by atoms with Gasteiger partial charge in [-0.3, -0.25) is 4.79 Å². The van der Waals surface area contributed by atoms with Crippen LogP contribution >= 0.6 is 0 Å². The van der Waals surface area contributed by atoms with Crippen LogP contribution in [0.2, 0.25) is 0 Å². The fourth-order valence-electron chi connectivity index (χ4n) is 3.39. The van der Waals surface area contributed by atoms with Crippen LogP contribution in [0.4, 0.5) is 17.1 Å². The van der Waals surface area contributed by atoms with Crippen LogP contribution in [0.5, 0.6) is 0 Å². The van der Waals surface area contributed by atoms with Gasteiger partial charge in [0.25, 0.3) is 5.91 Å². The zero-order chi connectivity index (χ0) is 17.2. The lowest BCUT2D eigenvalue weighted by atomic mass is 10.1. The van der Waals surface area contributed by atoms with Gasteiger partial charge in [-0.25, -0.2) is 0 Å². The molecule has 25 heavy (non-hydrogen) atoms. The first-order valence-electron chi connectivity index (χ1n) is 8.66. The van der Waals surface area contributed by atoms with Crippen LogP contribution in [0.1, 0.15) is 23.2 Å². The van der Waals surface area contributed by atoms with E-state index in [0.717, 1.165) is 42.7 Å². The normalized spacial score (nSPS) is 14.0. The zero-order valence-electron chi connectivity index (χ0n) is 14.0. The molecule has 0 spiro atoms. The molecule has 0 bridgehead atoms. The fourth-order valence-corrected chi connectivity index (χ4v) is 3.39. The number of anilines is 3. The van der Waals surface area contributed by atoms with Crippen LogP contribution in [-0.2, 0) is 0 Å². The second-order valence-electron chi connectivity index (χ2n) is 6.45. The fraction of sp³-hybridized carbons (Fsp3) is 0.190. The molecule has 0 atom stereocenters. The summed E-state index contributed by atoms with van der Waals surface area (Å²) >= 11 is 0. The number of hydrogen-bond donors (Lipinski definition) is 2. The van der Waals surface area contributed by atoms with Gasteiger partial charge in [-0.15, -0.1) is 0 Å². The van der Waals surface area contributed by atoms with Crippen molar-refractivity contribution < 1.29 is 4.79 Å². The Morgan fingerprint density at radius 2 is 1.68 bits per heavy atom. The summed E-state index contributed by atoms with van der Waals surface area (Å²) in [6.07, 6.45) is 2.17. The number of nitrogens with zero attached hydrogens (tertiary/aromatic N) is 1. The van der Waals surface area contributed by atoms with Gasteiger partial charge in [0.1, 0.15) is 0 Å². The standard InChI is InChI=1S/C21H21N3O/c22-18-14-16(21(25)24-12-3-4-13-24)10-11-20(18)23-19-9-5-7-15-6-1-2-8-17(15)19/h1-2,5-11,14,23H,3-4,12-13,22H2. The molecule has 0 saturated carbocycles. The molecule has 4 nitrogen and oxygen atoms in total. The Kier molecular flexibility index (Phi) is 4.02. The first-order chi connectivity index (χ1) is 12.2. The van der Waals surface area contributed by atoms with Crippen molar-refractivity contribution in [3.63, 3.8) is 0 Å². The molecular formula is C21H21N3O. The van der Waals surface area contributed by atoms with Crippen LogP contribution in [-0.4, -0.2) is 23.9 Å². The Hall–Kier alpha value is -3.01. The number of likely N-dealkylation sites (tertiary alicyclic amines) is 1. The van der Waals surface area contributed by atoms with Crippen LogP contribution in [0.25, 0.3) is 10.8 Å². The maximum Gasteiger partial charge on any atom is 0.253 e. The third-order valence-corrected chi connectivity index (χ3v) is 4.75. The summed E-state index contributed by atoms with van der Waals surface area (Å²) < 4.78 is 0. The van der Waals surface area contributed by atoms with E-state index in [-0.39, 0.29) is 5.91 Å². The number of carbonyl (C=O) groups excluding carboxylic acids is 1. The van der Waals surface area contributed by atoms with Gasteiger partial charge in [-0.1, -0.05) is 36.4 Å². The van der Waals surface area contributed by atoms with Crippen LogP contribution in [0.3, 0.4) is 0 Å². The van der Waals surface area contributed by atoms with Gasteiger partial charge in [-0.2, -0.15) is 0 Å². The van der Waals surface area contributed by atoms with Crippen molar-refractivity contribution in [3.8, 4) is 0 Å². The summed E-state index contributed by atoms with van der Waals surface area (Å²) in [5.41, 5.74) is 9.27. The largest absolute Gasteiger partial charge is 0.397 e. The molecule has 0 aromatic heterocycles. The van der Waals surface area contributed by atoms with E-state index < -0.39 is 0 Å². The lowest BCUT2D eigenvalue weighted by molar-refractivity contribution is 0.0793. The van der Waals surface area contributed by atoms with Crippen molar-refractivity contribution in [2.75, 3.05) is 24.1 Å². The highest BCUT2D eigenvalue weighted by Gasteiger charge is 2.20. The van der Waals surface area contributed by atoms with Crippen molar-refractivity contribution in [1.82, 2.24) is 4.90 Å². The number of fused-ring (bicyclic) bond motifs is 1. The van der Waals surface area contributed by atoms with Gasteiger partial charge in [0.15, 0.2) is 0 Å². The van der Waals surface area contributed by atoms with Crippen molar-refractivity contribution in [2.45, 2.75) is 12.8 Å². The Balaban J connectivity index is 1.61. The van der Waals surface area contributed by atoms with Crippen molar-refractivity contribution in [3.05, 3.63) is 66.2 Å². The van der Waals surface area contributed by atoms with Crippen molar-refractivity contribution in [2.24, 2.45) is 0 Å². The maximum absolute atomic E-state index is 12.5. The van der Waals surface area contributed by atoms with E-state index in [4.69, 9.17) is 5.73 Å². The second-order valence-corrected chi connectivity index (χ2v) is 6.45. The highest BCUT2D eigenvalue weighted by Crippen LogP contribution is 2.30. The third-order valence-electron chi connectivity index (χ3n) is 4.75. The third kappa shape index (κ3) is 3.03. The van der Waals surface area contributed by atoms with E-state index in [0.29, 0.717) is 11.3 Å². The monoisotopic (exact) mass is 331 g/mol. The Morgan fingerprint density at radius 3 is 2.48 bits per heavy atom. The molecular weight excluding hydrogens is 310 g/mol. The number of amides is 1. The minimum absolute atomic E-state index is 0.0703. The minimum Gasteiger partial charge on any atom is -0.397 e. The number of hydrogen-bond acceptors (Lipinski definition) is 3. The highest BCUT2D eigenvalue weighted by atomic mass is 16.2. The number of nitrogens with two attached hydrogens (primary N) is 1. The summed E-state index contributed by atoms with van der Waals surface area (Å²) in [5.74, 6) is 0.0703. The first-order valence-corrected chi connectivity index (χ1v) is 8.66. The van der Waals surface area contributed by atoms with Crippen molar-refractivity contribution in [1.29, 1.82) is 0 Å². The van der Waals surface area contributed by atoms with Gasteiger partial charge < -0.3 is 16.0 Å². The number of benzene rings is 3. The van der Waals surface area contributed by atoms with Gasteiger partial charge in [0.05, 0.1) is 11.4 Å². The van der Waals surface area contributed by atoms with E-state index >= 15 is 0 Å². The predicted octanol–water partition coefficient (Wildman–Crippen LogP) is 4.40. The second kappa shape index (κ2) is 6.48. The van der Waals surface area contributed by atoms with Gasteiger partial charge in [0.2, 0.25) is 0 Å². The van der Waals surface area contributed by atoms with Gasteiger partial charge >= 0.3 is 0 Å². The lowest BCUT2D eigenvalue weighted by Gasteiger charge is -2.17. The molecule has 3 aromatic carbocycles. The SMILES string of the molecule is Nc1cc(C(=O)N2CCCC2)ccc1Nc1cccc2ccccc12. The molecule has 1 amide bonds. The molecule has 1 fully saturated rings. The number of nitrogen functional groups attached to an aromatic ring is 1. The summed E-state index contributed by atoms with van der Waals surface area (Å²) in [6.45, 7) is 1.68. The molecule has 4 heteroatoms. The van der Waals surface area contributed by atoms with Crippen LogP contribution in [0, 0.1) is 0 Å². The van der Waals surface area contributed by atoms with E-state index in [1.165, 1.54) is 5.39 Å². The maximum atomic E-state index is 12.5. The first kappa shape index (κ1) is 15.5. The van der Waals surface area contributed by atoms with Crippen LogP contribution < -0.4 is 11.1 Å². The zero-order valence-corrected chi connectivity index (χ0v) is 14.0. The molecule has 1 saturated heterocycles. The smallest absolute Gasteiger partial charge is 0.253 e. The van der Waals surface area contributed by atoms with Crippen LogP contribution in [0.15, 0.2) is 60.7 Å². The molecule has 0 radical (unpaired) electrons. The van der Waals surface area contributed by atoms with E-state index in [1.54, 1.807) is 6.07 Å². The minimum atomic E-state index is 0.0703. The molecule has 1 aliphatic heterocycles. The lowest BCUT2D eigenvalue weighted by Crippen LogP contribution is -2.27. The average Bonchev–Trinajstić information content (AvgIpc) is 3.18. The van der Waals surface area contributed by atoms with E-state index in [1.807, 2.05) is 41.3 Å². The molecule has 4 rings (SSSR count). The molecule has 0 unspecified atom stereocenters. The Morgan fingerprint density at radius 1 is 0.920 bits per heavy atom.